The largest absolute Gasteiger partial charge is 0.232 e. The van der Waals surface area contributed by atoms with Gasteiger partial charge >= 0.3 is 0 Å². The van der Waals surface area contributed by atoms with Crippen molar-refractivity contribution in [3.63, 3.8) is 0 Å². The van der Waals surface area contributed by atoms with Crippen molar-refractivity contribution in [3.8, 4) is 0 Å². The Morgan fingerprint density at radius 1 is 1.36 bits per heavy atom. The van der Waals surface area contributed by atoms with Crippen LogP contribution < -0.4 is 5.01 Å². The lowest BCUT2D eigenvalue weighted by atomic mass is 10.3. The van der Waals surface area contributed by atoms with E-state index in [0.29, 0.717) is 5.69 Å². The molecule has 1 rings (SSSR count). The Kier molecular flexibility index (Phi) is 2.15. The molecule has 1 aromatic carbocycles. The van der Waals surface area contributed by atoms with Crippen LogP contribution in [-0.4, -0.2) is 7.05 Å². The molecule has 0 amide bonds. The van der Waals surface area contributed by atoms with Gasteiger partial charge in [0.05, 0.1) is 11.0 Å². The smallest absolute Gasteiger partial charge is 0.123 e. The maximum atomic E-state index is 12.3. The highest BCUT2D eigenvalue weighted by molar-refractivity contribution is 5.44. The van der Waals surface area contributed by atoms with Crippen LogP contribution in [-0.2, 0) is 0 Å². The van der Waals surface area contributed by atoms with Crippen molar-refractivity contribution in [2.45, 2.75) is 0 Å². The van der Waals surface area contributed by atoms with Crippen molar-refractivity contribution in [3.05, 3.63) is 35.0 Å². The van der Waals surface area contributed by atoms with Crippen molar-refractivity contribution >= 4 is 5.69 Å². The van der Waals surface area contributed by atoms with E-state index >= 15 is 0 Å². The average molecular weight is 154 g/mol. The molecule has 0 aliphatic rings. The third-order valence-electron chi connectivity index (χ3n) is 1.32. The van der Waals surface area contributed by atoms with Crippen LogP contribution in [0.2, 0.25) is 0 Å². The van der Waals surface area contributed by atoms with Gasteiger partial charge in [-0.3, -0.25) is 0 Å². The van der Waals surface area contributed by atoms with Crippen LogP contribution in [0.5, 0.6) is 0 Å². The van der Waals surface area contributed by atoms with Gasteiger partial charge in [-0.05, 0) is 24.3 Å². The minimum absolute atomic E-state index is 0.326. The summed E-state index contributed by atoms with van der Waals surface area (Å²) in [7, 11) is 1.50. The molecule has 0 N–H and O–H groups in total. The van der Waals surface area contributed by atoms with E-state index < -0.39 is 0 Å². The van der Waals surface area contributed by atoms with Gasteiger partial charge in [0.15, 0.2) is 0 Å². The standard InChI is InChI=1S/C7H7FN2O/c1-10(9-11)7-4-2-6(8)3-5-7/h2-5H,1H3. The van der Waals surface area contributed by atoms with Gasteiger partial charge in [-0.2, -0.15) is 0 Å². The fourth-order valence-corrected chi connectivity index (χ4v) is 0.704. The Morgan fingerprint density at radius 2 is 1.91 bits per heavy atom. The minimum Gasteiger partial charge on any atom is -0.232 e. The first-order valence-corrected chi connectivity index (χ1v) is 3.06. The molecule has 0 bridgehead atoms. The lowest BCUT2D eigenvalue weighted by Crippen LogP contribution is -2.06. The highest BCUT2D eigenvalue weighted by atomic mass is 19.1. The second-order valence-corrected chi connectivity index (χ2v) is 2.08. The van der Waals surface area contributed by atoms with Gasteiger partial charge in [0, 0.05) is 7.05 Å². The lowest BCUT2D eigenvalue weighted by molar-refractivity contribution is 0.627. The number of halogens is 1. The van der Waals surface area contributed by atoms with Crippen LogP contribution in [0.25, 0.3) is 0 Å². The second kappa shape index (κ2) is 3.09. The Balaban J connectivity index is 2.89. The summed E-state index contributed by atoms with van der Waals surface area (Å²) < 4.78 is 12.3. The fourth-order valence-electron chi connectivity index (χ4n) is 0.704. The summed E-state index contributed by atoms with van der Waals surface area (Å²) in [6.07, 6.45) is 0. The normalized spacial score (nSPS) is 9.27. The molecular weight excluding hydrogens is 147 g/mol. The molecule has 0 aliphatic heterocycles. The number of hydrogen-bond acceptors (Lipinski definition) is 2. The Bertz CT molecular complexity index is 247. The minimum atomic E-state index is -0.326. The van der Waals surface area contributed by atoms with E-state index in [-0.39, 0.29) is 5.82 Å². The number of benzene rings is 1. The first-order valence-electron chi connectivity index (χ1n) is 3.06. The summed E-state index contributed by atoms with van der Waals surface area (Å²) in [5, 5.41) is 3.77. The number of nitroso groups, excluding NO2 is 1. The van der Waals surface area contributed by atoms with Gasteiger partial charge in [-0.1, -0.05) is 0 Å². The van der Waals surface area contributed by atoms with Crippen molar-refractivity contribution in [2.75, 3.05) is 12.1 Å². The van der Waals surface area contributed by atoms with Gasteiger partial charge in [-0.15, -0.1) is 4.91 Å². The molecule has 0 heterocycles. The fraction of sp³-hybridized carbons (Fsp3) is 0.143. The average Bonchev–Trinajstić information content (AvgIpc) is 2.05. The van der Waals surface area contributed by atoms with Crippen LogP contribution >= 0.6 is 0 Å². The topological polar surface area (TPSA) is 32.7 Å². The molecule has 58 valence electrons. The number of nitrogens with zero attached hydrogens (tertiary/aromatic N) is 2. The first-order chi connectivity index (χ1) is 5.24. The van der Waals surface area contributed by atoms with Crippen molar-refractivity contribution in [2.24, 2.45) is 5.29 Å². The van der Waals surface area contributed by atoms with Gasteiger partial charge in [-0.25, -0.2) is 9.40 Å². The van der Waals surface area contributed by atoms with Crippen LogP contribution in [0.4, 0.5) is 10.1 Å². The van der Waals surface area contributed by atoms with Crippen molar-refractivity contribution in [1.82, 2.24) is 0 Å². The lowest BCUT2D eigenvalue weighted by Gasteiger charge is -2.06. The van der Waals surface area contributed by atoms with Gasteiger partial charge in [0.2, 0.25) is 0 Å². The molecule has 0 aliphatic carbocycles. The summed E-state index contributed by atoms with van der Waals surface area (Å²) >= 11 is 0. The Hall–Kier alpha value is -1.45. The number of rotatable bonds is 2. The van der Waals surface area contributed by atoms with Crippen LogP contribution in [0.15, 0.2) is 29.6 Å². The summed E-state index contributed by atoms with van der Waals surface area (Å²) in [4.78, 5) is 9.97. The molecular formula is C7H7FN2O. The third-order valence-corrected chi connectivity index (χ3v) is 1.32. The molecule has 0 atom stereocenters. The van der Waals surface area contributed by atoms with E-state index in [1.165, 1.54) is 31.3 Å². The predicted octanol–water partition coefficient (Wildman–Crippen LogP) is 1.94. The number of hydrogen-bond donors (Lipinski definition) is 0. The van der Waals surface area contributed by atoms with E-state index in [2.05, 4.69) is 5.29 Å². The predicted molar refractivity (Wildman–Crippen MR) is 40.6 cm³/mol. The highest BCUT2D eigenvalue weighted by Crippen LogP contribution is 2.12. The molecule has 3 nitrogen and oxygen atoms in total. The van der Waals surface area contributed by atoms with Crippen LogP contribution in [0, 0.1) is 10.7 Å². The third kappa shape index (κ3) is 1.73. The molecule has 0 aromatic heterocycles. The van der Waals surface area contributed by atoms with E-state index in [1.54, 1.807) is 0 Å². The van der Waals surface area contributed by atoms with Crippen molar-refractivity contribution in [1.29, 1.82) is 0 Å². The molecule has 0 unspecified atom stereocenters. The zero-order valence-corrected chi connectivity index (χ0v) is 5.99. The zero-order chi connectivity index (χ0) is 8.27. The van der Waals surface area contributed by atoms with Gasteiger partial charge in [0.25, 0.3) is 0 Å². The summed E-state index contributed by atoms with van der Waals surface area (Å²) in [6.45, 7) is 0. The van der Waals surface area contributed by atoms with Gasteiger partial charge in [0.1, 0.15) is 5.82 Å². The van der Waals surface area contributed by atoms with Gasteiger partial charge < -0.3 is 0 Å². The SMILES string of the molecule is CN(N=O)c1ccc(F)cc1. The zero-order valence-electron chi connectivity index (χ0n) is 5.99. The maximum Gasteiger partial charge on any atom is 0.123 e. The quantitative estimate of drug-likeness (QED) is 0.481. The summed E-state index contributed by atoms with van der Waals surface area (Å²) in [5.41, 5.74) is 0.571. The molecule has 0 saturated heterocycles. The molecule has 0 radical (unpaired) electrons. The van der Waals surface area contributed by atoms with E-state index in [1.807, 2.05) is 0 Å². The van der Waals surface area contributed by atoms with E-state index in [4.69, 9.17) is 0 Å². The molecule has 4 heteroatoms. The van der Waals surface area contributed by atoms with Crippen LogP contribution in [0.3, 0.4) is 0 Å². The second-order valence-electron chi connectivity index (χ2n) is 2.08. The van der Waals surface area contributed by atoms with E-state index in [0.717, 1.165) is 5.01 Å². The maximum absolute atomic E-state index is 12.3. The monoisotopic (exact) mass is 154 g/mol. The molecule has 0 spiro atoms. The first kappa shape index (κ1) is 7.65. The van der Waals surface area contributed by atoms with E-state index in [9.17, 15) is 9.30 Å². The van der Waals surface area contributed by atoms with Crippen LogP contribution in [0.1, 0.15) is 0 Å². The summed E-state index contributed by atoms with van der Waals surface area (Å²) in [6, 6.07) is 5.52. The molecule has 0 saturated carbocycles. The molecule has 0 fully saturated rings. The Labute approximate surface area is 63.4 Å². The molecule has 11 heavy (non-hydrogen) atoms. The highest BCUT2D eigenvalue weighted by Gasteiger charge is 1.97. The number of anilines is 1. The Morgan fingerprint density at radius 3 is 2.36 bits per heavy atom. The van der Waals surface area contributed by atoms with Crippen molar-refractivity contribution < 1.29 is 4.39 Å². The molecule has 1 aromatic rings. The summed E-state index contributed by atoms with van der Waals surface area (Å²) in [5.74, 6) is -0.326.